The lowest BCUT2D eigenvalue weighted by molar-refractivity contribution is 0.0944. The van der Waals surface area contributed by atoms with Gasteiger partial charge in [0.1, 0.15) is 17.5 Å². The van der Waals surface area contributed by atoms with E-state index in [0.717, 1.165) is 37.1 Å². The van der Waals surface area contributed by atoms with Crippen molar-refractivity contribution in [2.75, 3.05) is 6.54 Å². The van der Waals surface area contributed by atoms with E-state index >= 15 is 0 Å². The quantitative estimate of drug-likeness (QED) is 0.765. The van der Waals surface area contributed by atoms with Gasteiger partial charge >= 0.3 is 0 Å². The van der Waals surface area contributed by atoms with Crippen LogP contribution in [0.2, 0.25) is 0 Å². The molecule has 1 fully saturated rings. The molecular weight excluding hydrogens is 340 g/mol. The number of amides is 1. The van der Waals surface area contributed by atoms with Crippen LogP contribution in [-0.4, -0.2) is 21.8 Å². The molecule has 1 N–H and O–H groups in total. The first-order valence-electron chi connectivity index (χ1n) is 9.36. The zero-order chi connectivity index (χ0) is 18.8. The van der Waals surface area contributed by atoms with E-state index in [2.05, 4.69) is 22.4 Å². The van der Waals surface area contributed by atoms with Crippen LogP contribution >= 0.6 is 0 Å². The van der Waals surface area contributed by atoms with Crippen molar-refractivity contribution < 1.29 is 9.21 Å². The summed E-state index contributed by atoms with van der Waals surface area (Å²) in [6, 6.07) is 9.58. The second kappa shape index (κ2) is 7.28. The van der Waals surface area contributed by atoms with Crippen molar-refractivity contribution in [1.29, 1.82) is 5.26 Å². The third-order valence-corrected chi connectivity index (χ3v) is 5.45. The van der Waals surface area contributed by atoms with Crippen LogP contribution in [0.4, 0.5) is 0 Å². The van der Waals surface area contributed by atoms with Crippen molar-refractivity contribution in [2.24, 2.45) is 5.92 Å². The number of nitrogens with zero attached hydrogens (tertiary/aromatic N) is 3. The molecule has 3 heterocycles. The summed E-state index contributed by atoms with van der Waals surface area (Å²) in [4.78, 5) is 17.1. The summed E-state index contributed by atoms with van der Waals surface area (Å²) in [5.74, 6) is 1.93. The molecule has 1 aliphatic carbocycles. The standard InChI is InChI=1S/C21H22N4O2/c1-14-11-17(12-22)25-9-8-18(20(25)24-14)21(26)23-13-15-4-6-16(7-5-15)19-3-2-10-27-19/h2-3,8-11,15-16H,4-7,13H2,1H3,(H,23,26). The number of hydrogen-bond donors (Lipinski definition) is 1. The summed E-state index contributed by atoms with van der Waals surface area (Å²) in [6.07, 6.45) is 7.81. The van der Waals surface area contributed by atoms with Crippen molar-refractivity contribution in [2.45, 2.75) is 38.5 Å². The molecular formula is C21H22N4O2. The molecule has 0 bridgehead atoms. The Kier molecular flexibility index (Phi) is 4.68. The third-order valence-electron chi connectivity index (χ3n) is 5.45. The van der Waals surface area contributed by atoms with Crippen LogP contribution in [0.3, 0.4) is 0 Å². The Labute approximate surface area is 157 Å². The second-order valence-electron chi connectivity index (χ2n) is 7.26. The van der Waals surface area contributed by atoms with Gasteiger partial charge in [-0.25, -0.2) is 4.98 Å². The lowest BCUT2D eigenvalue weighted by Gasteiger charge is -2.27. The molecule has 138 valence electrons. The van der Waals surface area contributed by atoms with Gasteiger partial charge in [-0.05, 0) is 62.8 Å². The molecule has 0 radical (unpaired) electrons. The van der Waals surface area contributed by atoms with Gasteiger partial charge < -0.3 is 9.73 Å². The number of fused-ring (bicyclic) bond motifs is 1. The van der Waals surface area contributed by atoms with Crippen LogP contribution in [0.5, 0.6) is 0 Å². The van der Waals surface area contributed by atoms with Gasteiger partial charge in [0.2, 0.25) is 0 Å². The highest BCUT2D eigenvalue weighted by atomic mass is 16.3. The van der Waals surface area contributed by atoms with E-state index in [1.807, 2.05) is 13.0 Å². The smallest absolute Gasteiger partial charge is 0.255 e. The molecule has 0 saturated heterocycles. The number of aryl methyl sites for hydroxylation is 1. The number of carbonyl (C=O) groups is 1. The Balaban J connectivity index is 1.39. The zero-order valence-electron chi connectivity index (χ0n) is 15.3. The Morgan fingerprint density at radius 3 is 2.89 bits per heavy atom. The number of nitrogens with one attached hydrogen (secondary N) is 1. The molecule has 1 saturated carbocycles. The van der Waals surface area contributed by atoms with Gasteiger partial charge in [0.05, 0.1) is 11.8 Å². The highest BCUT2D eigenvalue weighted by molar-refractivity contribution is 6.00. The Hall–Kier alpha value is -3.07. The van der Waals surface area contributed by atoms with E-state index in [1.165, 1.54) is 0 Å². The Bertz CT molecular complexity index is 989. The van der Waals surface area contributed by atoms with E-state index < -0.39 is 0 Å². The minimum Gasteiger partial charge on any atom is -0.469 e. The van der Waals surface area contributed by atoms with E-state index in [0.29, 0.717) is 35.3 Å². The van der Waals surface area contributed by atoms with Crippen LogP contribution in [0.1, 0.15) is 59.1 Å². The molecule has 6 heteroatoms. The predicted molar refractivity (Wildman–Crippen MR) is 100 cm³/mol. The summed E-state index contributed by atoms with van der Waals surface area (Å²) in [5.41, 5.74) is 2.25. The van der Waals surface area contributed by atoms with E-state index in [4.69, 9.17) is 4.42 Å². The number of nitriles is 1. The summed E-state index contributed by atoms with van der Waals surface area (Å²) < 4.78 is 7.19. The van der Waals surface area contributed by atoms with Crippen molar-refractivity contribution in [3.05, 3.63) is 59.4 Å². The summed E-state index contributed by atoms with van der Waals surface area (Å²) in [7, 11) is 0. The van der Waals surface area contributed by atoms with E-state index in [1.54, 1.807) is 29.0 Å². The van der Waals surface area contributed by atoms with Crippen LogP contribution in [0, 0.1) is 24.2 Å². The lowest BCUT2D eigenvalue weighted by Crippen LogP contribution is -2.31. The topological polar surface area (TPSA) is 83.3 Å². The molecule has 3 aromatic heterocycles. The maximum Gasteiger partial charge on any atom is 0.255 e. The summed E-state index contributed by atoms with van der Waals surface area (Å²) in [5, 5.41) is 12.3. The van der Waals surface area contributed by atoms with Gasteiger partial charge in [-0.15, -0.1) is 0 Å². The summed E-state index contributed by atoms with van der Waals surface area (Å²) in [6.45, 7) is 2.49. The molecule has 6 nitrogen and oxygen atoms in total. The van der Waals surface area contributed by atoms with Gasteiger partial charge in [0, 0.05) is 24.4 Å². The Morgan fingerprint density at radius 1 is 1.37 bits per heavy atom. The molecule has 1 amide bonds. The first-order valence-corrected chi connectivity index (χ1v) is 9.36. The monoisotopic (exact) mass is 362 g/mol. The normalized spacial score (nSPS) is 19.7. The van der Waals surface area contributed by atoms with Crippen molar-refractivity contribution in [1.82, 2.24) is 14.7 Å². The fourth-order valence-electron chi connectivity index (χ4n) is 3.97. The van der Waals surface area contributed by atoms with Gasteiger partial charge in [0.25, 0.3) is 5.91 Å². The summed E-state index contributed by atoms with van der Waals surface area (Å²) >= 11 is 0. The molecule has 1 aliphatic rings. The number of furan rings is 1. The average molecular weight is 362 g/mol. The van der Waals surface area contributed by atoms with Gasteiger partial charge in [-0.3, -0.25) is 9.20 Å². The van der Waals surface area contributed by atoms with Crippen molar-refractivity contribution >= 4 is 11.6 Å². The Morgan fingerprint density at radius 2 is 2.19 bits per heavy atom. The maximum atomic E-state index is 12.7. The van der Waals surface area contributed by atoms with Crippen LogP contribution in [-0.2, 0) is 0 Å². The zero-order valence-corrected chi connectivity index (χ0v) is 15.3. The van der Waals surface area contributed by atoms with Gasteiger partial charge in [0.15, 0.2) is 5.65 Å². The van der Waals surface area contributed by atoms with Crippen molar-refractivity contribution in [3.8, 4) is 6.07 Å². The maximum absolute atomic E-state index is 12.7. The predicted octanol–water partition coefficient (Wildman–Crippen LogP) is 3.81. The number of rotatable bonds is 4. The molecule has 4 rings (SSSR count). The highest BCUT2D eigenvalue weighted by Gasteiger charge is 2.24. The first kappa shape index (κ1) is 17.3. The lowest BCUT2D eigenvalue weighted by atomic mass is 9.81. The second-order valence-corrected chi connectivity index (χ2v) is 7.26. The van der Waals surface area contributed by atoms with E-state index in [9.17, 15) is 10.1 Å². The molecule has 3 aromatic rings. The van der Waals surface area contributed by atoms with Gasteiger partial charge in [-0.1, -0.05) is 0 Å². The molecule has 0 spiro atoms. The minimum absolute atomic E-state index is 0.132. The van der Waals surface area contributed by atoms with Crippen molar-refractivity contribution in [3.63, 3.8) is 0 Å². The molecule has 27 heavy (non-hydrogen) atoms. The van der Waals surface area contributed by atoms with E-state index in [-0.39, 0.29) is 5.91 Å². The molecule has 0 atom stereocenters. The SMILES string of the molecule is Cc1cc(C#N)n2ccc(C(=O)NCC3CCC(c4ccco4)CC3)c2n1. The van der Waals surface area contributed by atoms with Gasteiger partial charge in [-0.2, -0.15) is 5.26 Å². The van der Waals surface area contributed by atoms with Crippen LogP contribution in [0.15, 0.2) is 41.1 Å². The van der Waals surface area contributed by atoms with Crippen LogP contribution in [0.25, 0.3) is 5.65 Å². The number of aromatic nitrogens is 2. The average Bonchev–Trinajstić information content (AvgIpc) is 3.36. The third kappa shape index (κ3) is 3.45. The highest BCUT2D eigenvalue weighted by Crippen LogP contribution is 2.35. The van der Waals surface area contributed by atoms with Crippen LogP contribution < -0.4 is 5.32 Å². The largest absolute Gasteiger partial charge is 0.469 e. The fourth-order valence-corrected chi connectivity index (χ4v) is 3.97. The first-order chi connectivity index (χ1) is 13.2. The number of hydrogen-bond acceptors (Lipinski definition) is 4. The molecule has 0 aromatic carbocycles. The minimum atomic E-state index is -0.132. The fraction of sp³-hybridized carbons (Fsp3) is 0.381. The molecule has 0 unspecified atom stereocenters. The number of carbonyl (C=O) groups excluding carboxylic acids is 1. The molecule has 0 aliphatic heterocycles.